The van der Waals surface area contributed by atoms with Crippen molar-refractivity contribution in [3.05, 3.63) is 71.5 Å². The van der Waals surface area contributed by atoms with Gasteiger partial charge >= 0.3 is 0 Å². The molecule has 1 N–H and O–H groups in total. The van der Waals surface area contributed by atoms with Crippen LogP contribution < -0.4 is 5.32 Å². The Hall–Kier alpha value is -2.69. The van der Waals surface area contributed by atoms with E-state index in [9.17, 15) is 14.0 Å². The Balaban J connectivity index is 2.33. The second-order valence-electron chi connectivity index (χ2n) is 7.29. The van der Waals surface area contributed by atoms with Gasteiger partial charge in [-0.05, 0) is 35.6 Å². The van der Waals surface area contributed by atoms with Gasteiger partial charge in [0.2, 0.25) is 11.8 Å². The van der Waals surface area contributed by atoms with Gasteiger partial charge in [-0.15, -0.1) is 0 Å². The van der Waals surface area contributed by atoms with Gasteiger partial charge in [-0.2, -0.15) is 0 Å². The van der Waals surface area contributed by atoms with Crippen molar-refractivity contribution in [1.82, 2.24) is 10.2 Å². The highest BCUT2D eigenvalue weighted by Crippen LogP contribution is 2.24. The van der Waals surface area contributed by atoms with Crippen molar-refractivity contribution in [1.29, 1.82) is 0 Å². The van der Waals surface area contributed by atoms with Gasteiger partial charge < -0.3 is 10.2 Å². The van der Waals surface area contributed by atoms with Gasteiger partial charge in [0.1, 0.15) is 11.9 Å². The van der Waals surface area contributed by atoms with Gasteiger partial charge in [0.25, 0.3) is 0 Å². The van der Waals surface area contributed by atoms with Crippen molar-refractivity contribution in [3.63, 3.8) is 0 Å². The van der Waals surface area contributed by atoms with Crippen LogP contribution in [0.2, 0.25) is 0 Å². The fourth-order valence-corrected chi connectivity index (χ4v) is 3.00. The van der Waals surface area contributed by atoms with E-state index >= 15 is 0 Å². The average Bonchev–Trinajstić information content (AvgIpc) is 2.69. The first-order chi connectivity index (χ1) is 13.4. The lowest BCUT2D eigenvalue weighted by Crippen LogP contribution is -2.43. The molecule has 0 spiro atoms. The molecule has 0 unspecified atom stereocenters. The first-order valence-corrected chi connectivity index (χ1v) is 9.79. The van der Waals surface area contributed by atoms with Crippen LogP contribution in [-0.2, 0) is 16.1 Å². The number of halogens is 1. The maximum atomic E-state index is 13.3. The van der Waals surface area contributed by atoms with Crippen LogP contribution in [0.4, 0.5) is 4.39 Å². The molecule has 150 valence electrons. The number of nitrogens with one attached hydrogen (secondary N) is 1. The molecule has 0 radical (unpaired) electrons. The Morgan fingerprint density at radius 3 is 2.25 bits per heavy atom. The average molecular weight is 384 g/mol. The number of hydrogen-bond acceptors (Lipinski definition) is 2. The molecule has 28 heavy (non-hydrogen) atoms. The zero-order valence-electron chi connectivity index (χ0n) is 16.8. The van der Waals surface area contributed by atoms with Crippen LogP contribution in [0.15, 0.2) is 54.6 Å². The Morgan fingerprint density at radius 1 is 1.04 bits per heavy atom. The van der Waals surface area contributed by atoms with E-state index in [1.807, 2.05) is 30.3 Å². The van der Waals surface area contributed by atoms with Crippen LogP contribution in [-0.4, -0.2) is 23.3 Å². The van der Waals surface area contributed by atoms with Crippen LogP contribution in [0.3, 0.4) is 0 Å². The zero-order chi connectivity index (χ0) is 20.5. The highest BCUT2D eigenvalue weighted by Gasteiger charge is 2.30. The number of hydrogen-bond donors (Lipinski definition) is 1. The predicted octanol–water partition coefficient (Wildman–Crippen LogP) is 4.47. The smallest absolute Gasteiger partial charge is 0.247 e. The van der Waals surface area contributed by atoms with Gasteiger partial charge in [-0.1, -0.05) is 63.2 Å². The summed E-state index contributed by atoms with van der Waals surface area (Å²) in [5.74, 6) is -0.181. The Labute approximate surface area is 166 Å². The minimum Gasteiger partial charge on any atom is -0.354 e. The van der Waals surface area contributed by atoms with Crippen LogP contribution >= 0.6 is 0 Å². The van der Waals surface area contributed by atoms with Gasteiger partial charge in [0, 0.05) is 19.5 Å². The SMILES string of the molecule is CCC(=O)N(Cc1ccc(F)cc1)[C@@H](C(=O)NCCC(C)C)c1ccccc1. The molecular weight excluding hydrogens is 355 g/mol. The highest BCUT2D eigenvalue weighted by atomic mass is 19.1. The molecule has 0 saturated carbocycles. The summed E-state index contributed by atoms with van der Waals surface area (Å²) in [5, 5.41) is 2.97. The summed E-state index contributed by atoms with van der Waals surface area (Å²) in [6, 6.07) is 14.6. The maximum absolute atomic E-state index is 13.3. The highest BCUT2D eigenvalue weighted by molar-refractivity contribution is 5.88. The minimum atomic E-state index is -0.731. The summed E-state index contributed by atoms with van der Waals surface area (Å²) < 4.78 is 13.3. The normalized spacial score (nSPS) is 11.9. The molecule has 0 fully saturated rings. The van der Waals surface area contributed by atoms with E-state index in [-0.39, 0.29) is 30.6 Å². The molecule has 2 rings (SSSR count). The second kappa shape index (κ2) is 10.6. The van der Waals surface area contributed by atoms with Crippen molar-refractivity contribution >= 4 is 11.8 Å². The number of carbonyl (C=O) groups excluding carboxylic acids is 2. The molecule has 1 atom stereocenters. The molecule has 0 aromatic heterocycles. The van der Waals surface area contributed by atoms with E-state index in [4.69, 9.17) is 0 Å². The van der Waals surface area contributed by atoms with E-state index in [0.29, 0.717) is 12.5 Å². The fraction of sp³-hybridized carbons (Fsp3) is 0.391. The lowest BCUT2D eigenvalue weighted by molar-refractivity contribution is -0.141. The van der Waals surface area contributed by atoms with Crippen molar-refractivity contribution in [2.24, 2.45) is 5.92 Å². The van der Waals surface area contributed by atoms with Crippen molar-refractivity contribution in [2.75, 3.05) is 6.54 Å². The van der Waals surface area contributed by atoms with E-state index in [0.717, 1.165) is 17.5 Å². The number of rotatable bonds is 9. The topological polar surface area (TPSA) is 49.4 Å². The molecule has 0 heterocycles. The van der Waals surface area contributed by atoms with Crippen LogP contribution in [0.5, 0.6) is 0 Å². The number of amides is 2. The maximum Gasteiger partial charge on any atom is 0.247 e. The number of benzene rings is 2. The standard InChI is InChI=1S/C23H29FN2O2/c1-4-21(27)26(16-18-10-12-20(24)13-11-18)22(19-8-6-5-7-9-19)23(28)25-15-14-17(2)3/h5-13,17,22H,4,14-16H2,1-3H3,(H,25,28)/t22-/m1/s1. The third-order valence-corrected chi connectivity index (χ3v) is 4.59. The molecule has 0 bridgehead atoms. The van der Waals surface area contributed by atoms with Crippen LogP contribution in [0, 0.1) is 11.7 Å². The first kappa shape index (κ1) is 21.6. The molecule has 0 aliphatic heterocycles. The monoisotopic (exact) mass is 384 g/mol. The molecule has 4 nitrogen and oxygen atoms in total. The van der Waals surface area contributed by atoms with Gasteiger partial charge in [0.15, 0.2) is 0 Å². The molecule has 0 aliphatic carbocycles. The third kappa shape index (κ3) is 6.19. The molecule has 2 aromatic rings. The quantitative estimate of drug-likeness (QED) is 0.694. The van der Waals surface area contributed by atoms with Crippen molar-refractivity contribution in [3.8, 4) is 0 Å². The molecule has 0 aliphatic rings. The molecule has 2 amide bonds. The number of nitrogens with zero attached hydrogens (tertiary/aromatic N) is 1. The summed E-state index contributed by atoms with van der Waals surface area (Å²) in [4.78, 5) is 27.4. The second-order valence-corrected chi connectivity index (χ2v) is 7.29. The Kier molecular flexibility index (Phi) is 8.18. The fourth-order valence-electron chi connectivity index (χ4n) is 3.00. The molecule has 0 saturated heterocycles. The van der Waals surface area contributed by atoms with Gasteiger partial charge in [-0.3, -0.25) is 9.59 Å². The van der Waals surface area contributed by atoms with Crippen LogP contribution in [0.1, 0.15) is 50.8 Å². The largest absolute Gasteiger partial charge is 0.354 e. The summed E-state index contributed by atoms with van der Waals surface area (Å²) in [6.45, 7) is 6.78. The lowest BCUT2D eigenvalue weighted by atomic mass is 10.0. The summed E-state index contributed by atoms with van der Waals surface area (Å²) in [6.07, 6.45) is 1.15. The summed E-state index contributed by atoms with van der Waals surface area (Å²) in [7, 11) is 0. The third-order valence-electron chi connectivity index (χ3n) is 4.59. The van der Waals surface area contributed by atoms with Crippen molar-refractivity contribution < 1.29 is 14.0 Å². The molecule has 2 aromatic carbocycles. The van der Waals surface area contributed by atoms with E-state index in [1.54, 1.807) is 24.0 Å². The lowest BCUT2D eigenvalue weighted by Gasteiger charge is -2.31. The van der Waals surface area contributed by atoms with Gasteiger partial charge in [0.05, 0.1) is 0 Å². The van der Waals surface area contributed by atoms with Gasteiger partial charge in [-0.25, -0.2) is 4.39 Å². The predicted molar refractivity (Wildman–Crippen MR) is 109 cm³/mol. The van der Waals surface area contributed by atoms with E-state index < -0.39 is 6.04 Å². The molecule has 5 heteroatoms. The Morgan fingerprint density at radius 2 is 1.68 bits per heavy atom. The number of carbonyl (C=O) groups is 2. The van der Waals surface area contributed by atoms with E-state index in [2.05, 4.69) is 19.2 Å². The van der Waals surface area contributed by atoms with Crippen molar-refractivity contribution in [2.45, 2.75) is 46.2 Å². The Bertz CT molecular complexity index is 760. The zero-order valence-corrected chi connectivity index (χ0v) is 16.8. The van der Waals surface area contributed by atoms with Crippen LogP contribution in [0.25, 0.3) is 0 Å². The summed E-state index contributed by atoms with van der Waals surface area (Å²) in [5.41, 5.74) is 1.53. The first-order valence-electron chi connectivity index (χ1n) is 9.79. The molecular formula is C23H29FN2O2. The minimum absolute atomic E-state index is 0.128. The van der Waals surface area contributed by atoms with E-state index in [1.165, 1.54) is 12.1 Å². The summed E-state index contributed by atoms with van der Waals surface area (Å²) >= 11 is 0.